The summed E-state index contributed by atoms with van der Waals surface area (Å²) in [7, 11) is -3.60. The summed E-state index contributed by atoms with van der Waals surface area (Å²) in [5.74, 6) is -1.61. The van der Waals surface area contributed by atoms with Gasteiger partial charge >= 0.3 is 0 Å². The summed E-state index contributed by atoms with van der Waals surface area (Å²) in [6.45, 7) is 1.85. The van der Waals surface area contributed by atoms with Gasteiger partial charge in [-0.15, -0.1) is 24.8 Å². The van der Waals surface area contributed by atoms with Crippen LogP contribution >= 0.6 is 24.8 Å². The number of sulfonamides is 1. The third kappa shape index (κ3) is 3.14. The number of amides is 2. The van der Waals surface area contributed by atoms with Crippen molar-refractivity contribution in [3.63, 3.8) is 0 Å². The normalized spacial score (nSPS) is 28.6. The first-order valence-electron chi connectivity index (χ1n) is 5.70. The highest BCUT2D eigenvalue weighted by Crippen LogP contribution is 2.54. The predicted molar refractivity (Wildman–Crippen MR) is 74.6 cm³/mol. The van der Waals surface area contributed by atoms with Crippen LogP contribution in [0.1, 0.15) is 32.6 Å². The van der Waals surface area contributed by atoms with E-state index in [1.807, 2.05) is 11.6 Å². The zero-order valence-electron chi connectivity index (χ0n) is 10.4. The van der Waals surface area contributed by atoms with Crippen molar-refractivity contribution in [2.45, 2.75) is 37.9 Å². The van der Waals surface area contributed by atoms with E-state index in [-0.39, 0.29) is 30.7 Å². The van der Waals surface area contributed by atoms with Crippen molar-refractivity contribution in [2.24, 2.45) is 17.1 Å². The molecule has 0 aromatic carbocycles. The topological polar surface area (TPSA) is 106 Å². The minimum atomic E-state index is -3.60. The molecule has 0 aromatic heterocycles. The molecular weight excluding hydrogens is 315 g/mol. The van der Waals surface area contributed by atoms with Gasteiger partial charge < -0.3 is 5.73 Å². The summed E-state index contributed by atoms with van der Waals surface area (Å²) in [4.78, 5) is 23.2. The SMILES string of the molecule is CCC1CC1(C(N)=O)C(=O)NS(=O)(=O)C1CC1.Cl.Cl. The first-order valence-corrected chi connectivity index (χ1v) is 7.25. The molecule has 2 rings (SSSR count). The molecule has 112 valence electrons. The van der Waals surface area contributed by atoms with E-state index in [2.05, 4.69) is 0 Å². The van der Waals surface area contributed by atoms with E-state index in [9.17, 15) is 18.0 Å². The Labute approximate surface area is 124 Å². The molecule has 19 heavy (non-hydrogen) atoms. The van der Waals surface area contributed by atoms with Gasteiger partial charge in [0, 0.05) is 0 Å². The Balaban J connectivity index is 0.00000162. The van der Waals surface area contributed by atoms with Crippen LogP contribution in [0.2, 0.25) is 0 Å². The van der Waals surface area contributed by atoms with E-state index in [1.54, 1.807) is 0 Å². The molecule has 2 fully saturated rings. The van der Waals surface area contributed by atoms with Gasteiger partial charge in [0.25, 0.3) is 0 Å². The van der Waals surface area contributed by atoms with Gasteiger partial charge in [0.05, 0.1) is 5.25 Å². The molecule has 6 nitrogen and oxygen atoms in total. The predicted octanol–water partition coefficient (Wildman–Crippen LogP) is 0.340. The van der Waals surface area contributed by atoms with Gasteiger partial charge in [-0.2, -0.15) is 0 Å². The maximum atomic E-state index is 11.9. The summed E-state index contributed by atoms with van der Waals surface area (Å²) < 4.78 is 25.2. The number of carbonyl (C=O) groups excluding carboxylic acids is 2. The minimum absolute atomic E-state index is 0. The number of primary amides is 1. The molecule has 0 radical (unpaired) electrons. The van der Waals surface area contributed by atoms with Crippen LogP contribution in [0.5, 0.6) is 0 Å². The first-order chi connectivity index (χ1) is 7.84. The lowest BCUT2D eigenvalue weighted by Crippen LogP contribution is -2.45. The number of halogens is 2. The van der Waals surface area contributed by atoms with E-state index < -0.39 is 32.5 Å². The van der Waals surface area contributed by atoms with Crippen LogP contribution in [0, 0.1) is 11.3 Å². The fourth-order valence-corrected chi connectivity index (χ4v) is 3.56. The van der Waals surface area contributed by atoms with Crippen LogP contribution < -0.4 is 10.5 Å². The number of nitrogens with one attached hydrogen (secondary N) is 1. The number of carbonyl (C=O) groups is 2. The molecule has 0 spiro atoms. The quantitative estimate of drug-likeness (QED) is 0.708. The molecule has 0 aromatic rings. The molecule has 3 N–H and O–H groups in total. The van der Waals surface area contributed by atoms with E-state index >= 15 is 0 Å². The van der Waals surface area contributed by atoms with E-state index in [0.29, 0.717) is 25.7 Å². The molecule has 0 aliphatic heterocycles. The van der Waals surface area contributed by atoms with Gasteiger partial charge in [0.2, 0.25) is 21.8 Å². The Bertz CT molecular complexity index is 478. The van der Waals surface area contributed by atoms with Crippen LogP contribution in [0.25, 0.3) is 0 Å². The fraction of sp³-hybridized carbons (Fsp3) is 0.800. The van der Waals surface area contributed by atoms with E-state index in [0.717, 1.165) is 0 Å². The van der Waals surface area contributed by atoms with Crippen molar-refractivity contribution < 1.29 is 18.0 Å². The van der Waals surface area contributed by atoms with Crippen molar-refractivity contribution in [2.75, 3.05) is 0 Å². The van der Waals surface area contributed by atoms with Crippen LogP contribution in [-0.2, 0) is 19.6 Å². The number of nitrogens with two attached hydrogens (primary N) is 1. The maximum absolute atomic E-state index is 11.9. The van der Waals surface area contributed by atoms with Gasteiger partial charge in [0.1, 0.15) is 5.41 Å². The average molecular weight is 333 g/mol. The number of hydrogen-bond donors (Lipinski definition) is 2. The third-order valence-corrected chi connectivity index (χ3v) is 5.46. The maximum Gasteiger partial charge on any atom is 0.249 e. The van der Waals surface area contributed by atoms with Crippen molar-refractivity contribution >= 4 is 46.7 Å². The largest absolute Gasteiger partial charge is 0.369 e. The smallest absolute Gasteiger partial charge is 0.249 e. The van der Waals surface area contributed by atoms with Crippen LogP contribution in [-0.4, -0.2) is 25.5 Å². The van der Waals surface area contributed by atoms with Gasteiger partial charge in [-0.1, -0.05) is 13.3 Å². The fourth-order valence-electron chi connectivity index (χ4n) is 2.20. The molecule has 2 unspecified atom stereocenters. The molecule has 2 amide bonds. The van der Waals surface area contributed by atoms with E-state index in [4.69, 9.17) is 5.73 Å². The second-order valence-electron chi connectivity index (χ2n) is 4.82. The second kappa shape index (κ2) is 5.85. The lowest BCUT2D eigenvalue weighted by atomic mass is 10.0. The summed E-state index contributed by atoms with van der Waals surface area (Å²) in [6, 6.07) is 0. The Morgan fingerprint density at radius 1 is 1.32 bits per heavy atom. The molecule has 2 saturated carbocycles. The van der Waals surface area contributed by atoms with Gasteiger partial charge in [-0.05, 0) is 25.2 Å². The highest BCUT2D eigenvalue weighted by atomic mass is 35.5. The lowest BCUT2D eigenvalue weighted by Gasteiger charge is -2.13. The van der Waals surface area contributed by atoms with Gasteiger partial charge in [-0.25, -0.2) is 8.42 Å². The highest BCUT2D eigenvalue weighted by molar-refractivity contribution is 7.90. The minimum Gasteiger partial charge on any atom is -0.369 e. The van der Waals surface area contributed by atoms with Crippen molar-refractivity contribution in [3.8, 4) is 0 Å². The molecular formula is C10H18Cl2N2O4S. The number of rotatable bonds is 5. The van der Waals surface area contributed by atoms with Crippen molar-refractivity contribution in [1.82, 2.24) is 4.72 Å². The summed E-state index contributed by atoms with van der Waals surface area (Å²) >= 11 is 0. The standard InChI is InChI=1S/C10H16N2O4S.2ClH/c1-2-6-5-10(6,8(11)13)9(14)12-17(15,16)7-3-4-7;;/h6-7H,2-5H2,1H3,(H2,11,13)(H,12,14);2*1H. The third-order valence-electron chi connectivity index (χ3n) is 3.64. The molecule has 0 saturated heterocycles. The second-order valence-corrected chi connectivity index (χ2v) is 6.78. The molecule has 2 aliphatic rings. The van der Waals surface area contributed by atoms with E-state index in [1.165, 1.54) is 0 Å². The average Bonchev–Trinajstić information content (AvgIpc) is 3.10. The van der Waals surface area contributed by atoms with Gasteiger partial charge in [-0.3, -0.25) is 14.3 Å². The van der Waals surface area contributed by atoms with Crippen LogP contribution in [0.3, 0.4) is 0 Å². The summed E-state index contributed by atoms with van der Waals surface area (Å²) in [6.07, 6.45) is 2.14. The molecule has 0 heterocycles. The Morgan fingerprint density at radius 3 is 2.16 bits per heavy atom. The summed E-state index contributed by atoms with van der Waals surface area (Å²) in [5, 5.41) is -0.477. The van der Waals surface area contributed by atoms with Crippen molar-refractivity contribution in [3.05, 3.63) is 0 Å². The van der Waals surface area contributed by atoms with Crippen molar-refractivity contribution in [1.29, 1.82) is 0 Å². The van der Waals surface area contributed by atoms with Crippen LogP contribution in [0.15, 0.2) is 0 Å². The Kier molecular flexibility index (Phi) is 5.68. The molecule has 2 atom stereocenters. The zero-order chi connectivity index (χ0) is 12.8. The zero-order valence-corrected chi connectivity index (χ0v) is 12.9. The Hall–Kier alpha value is -0.530. The molecule has 9 heteroatoms. The lowest BCUT2D eigenvalue weighted by molar-refractivity contribution is -0.135. The molecule has 0 bridgehead atoms. The monoisotopic (exact) mass is 332 g/mol. The highest BCUT2D eigenvalue weighted by Gasteiger charge is 2.64. The first kappa shape index (κ1) is 18.5. The van der Waals surface area contributed by atoms with Gasteiger partial charge in [0.15, 0.2) is 0 Å². The molecule has 2 aliphatic carbocycles. The number of hydrogen-bond acceptors (Lipinski definition) is 4. The summed E-state index contributed by atoms with van der Waals surface area (Å²) in [5.41, 5.74) is 3.92. The van der Waals surface area contributed by atoms with Crippen LogP contribution in [0.4, 0.5) is 0 Å². The Morgan fingerprint density at radius 2 is 1.84 bits per heavy atom.